The highest BCUT2D eigenvalue weighted by Crippen LogP contribution is 2.33. The van der Waals surface area contributed by atoms with Gasteiger partial charge in [-0.3, -0.25) is 4.79 Å². The van der Waals surface area contributed by atoms with E-state index in [0.29, 0.717) is 17.3 Å². The summed E-state index contributed by atoms with van der Waals surface area (Å²) < 4.78 is 5.47. The van der Waals surface area contributed by atoms with E-state index in [0.717, 1.165) is 26.1 Å². The number of hydrogen-bond acceptors (Lipinski definition) is 4. The number of carbonyl (C=O) groups is 1. The zero-order valence-corrected chi connectivity index (χ0v) is 12.4. The summed E-state index contributed by atoms with van der Waals surface area (Å²) in [5.41, 5.74) is 0.545. The number of carbonyl (C=O) groups excluding carboxylic acids is 1. The van der Waals surface area contributed by atoms with Crippen LogP contribution in [0.4, 0.5) is 0 Å². The van der Waals surface area contributed by atoms with Gasteiger partial charge in [-0.1, -0.05) is 11.6 Å². The molecule has 6 heteroatoms. The van der Waals surface area contributed by atoms with Gasteiger partial charge in [0.05, 0.1) is 0 Å². The van der Waals surface area contributed by atoms with E-state index in [1.807, 2.05) is 0 Å². The number of halogens is 1. The van der Waals surface area contributed by atoms with Crippen molar-refractivity contribution in [3.8, 4) is 0 Å². The van der Waals surface area contributed by atoms with Gasteiger partial charge in [-0.15, -0.1) is 0 Å². The van der Waals surface area contributed by atoms with E-state index in [1.165, 1.54) is 6.20 Å². The summed E-state index contributed by atoms with van der Waals surface area (Å²) in [5, 5.41) is 3.32. The van der Waals surface area contributed by atoms with Gasteiger partial charge in [0.1, 0.15) is 5.15 Å². The zero-order valence-electron chi connectivity index (χ0n) is 10.8. The fraction of sp³-hybridized carbons (Fsp3) is 0.538. The van der Waals surface area contributed by atoms with Gasteiger partial charge in [0.2, 0.25) is 0 Å². The van der Waals surface area contributed by atoms with Crippen LogP contribution in [-0.4, -0.2) is 41.7 Å². The Bertz CT molecular complexity index is 450. The first-order chi connectivity index (χ1) is 9.15. The molecule has 104 valence electrons. The molecule has 1 saturated heterocycles. The van der Waals surface area contributed by atoms with Crippen LogP contribution in [0.1, 0.15) is 23.2 Å². The van der Waals surface area contributed by atoms with Crippen LogP contribution in [0.25, 0.3) is 0 Å². The minimum atomic E-state index is -0.107. The molecule has 1 aliphatic heterocycles. The van der Waals surface area contributed by atoms with Crippen LogP contribution < -0.4 is 5.32 Å². The Morgan fingerprint density at radius 3 is 2.95 bits per heavy atom. The molecule has 0 radical (unpaired) electrons. The molecule has 19 heavy (non-hydrogen) atoms. The number of hydrogen-bond donors (Lipinski definition) is 1. The Morgan fingerprint density at radius 2 is 2.32 bits per heavy atom. The molecule has 0 aliphatic carbocycles. The van der Waals surface area contributed by atoms with E-state index in [9.17, 15) is 4.79 Å². The Hall–Kier alpha value is -0.780. The second-order valence-corrected chi connectivity index (χ2v) is 6.21. The standard InChI is InChI=1S/C13H17ClN2O2S/c1-19-13(3-6-18-7-4-13)9-16-12(17)10-2-5-15-11(14)8-10/h2,5,8H,3-4,6-7,9H2,1H3,(H,16,17). The molecule has 1 amide bonds. The van der Waals surface area contributed by atoms with E-state index in [2.05, 4.69) is 16.6 Å². The highest BCUT2D eigenvalue weighted by Gasteiger charge is 2.32. The number of thioether (sulfide) groups is 1. The average molecular weight is 301 g/mol. The van der Waals surface area contributed by atoms with Crippen LogP contribution in [0.3, 0.4) is 0 Å². The van der Waals surface area contributed by atoms with Gasteiger partial charge in [0, 0.05) is 36.3 Å². The van der Waals surface area contributed by atoms with Crippen molar-refractivity contribution in [1.29, 1.82) is 0 Å². The predicted octanol–water partition coefficient (Wildman–Crippen LogP) is 2.38. The third-order valence-corrected chi connectivity index (χ3v) is 5.02. The third-order valence-electron chi connectivity index (χ3n) is 3.40. The normalized spacial score (nSPS) is 18.0. The van der Waals surface area contributed by atoms with E-state index in [1.54, 1.807) is 23.9 Å². The molecule has 2 heterocycles. The number of amides is 1. The Kier molecular flexibility index (Phi) is 5.07. The summed E-state index contributed by atoms with van der Waals surface area (Å²) in [4.78, 5) is 15.9. The van der Waals surface area contributed by atoms with Gasteiger partial charge in [0.25, 0.3) is 5.91 Å². The molecule has 1 aliphatic rings. The van der Waals surface area contributed by atoms with E-state index in [-0.39, 0.29) is 10.7 Å². The van der Waals surface area contributed by atoms with Crippen LogP contribution >= 0.6 is 23.4 Å². The smallest absolute Gasteiger partial charge is 0.251 e. The first-order valence-electron chi connectivity index (χ1n) is 6.18. The highest BCUT2D eigenvalue weighted by atomic mass is 35.5. The lowest BCUT2D eigenvalue weighted by Gasteiger charge is -2.35. The van der Waals surface area contributed by atoms with Crippen molar-refractivity contribution in [2.75, 3.05) is 26.0 Å². The molecule has 0 atom stereocenters. The lowest BCUT2D eigenvalue weighted by molar-refractivity contribution is 0.0742. The van der Waals surface area contributed by atoms with E-state index >= 15 is 0 Å². The molecule has 0 aromatic carbocycles. The maximum Gasteiger partial charge on any atom is 0.251 e. The van der Waals surface area contributed by atoms with Crippen LogP contribution in [0, 0.1) is 0 Å². The van der Waals surface area contributed by atoms with Gasteiger partial charge < -0.3 is 10.1 Å². The summed E-state index contributed by atoms with van der Waals surface area (Å²) in [5.74, 6) is -0.107. The number of nitrogens with one attached hydrogen (secondary N) is 1. The zero-order chi connectivity index (χ0) is 13.7. The van der Waals surface area contributed by atoms with Crippen LogP contribution in [0.5, 0.6) is 0 Å². The summed E-state index contributed by atoms with van der Waals surface area (Å²) in [7, 11) is 0. The maximum atomic E-state index is 12.1. The molecule has 0 saturated carbocycles. The van der Waals surface area contributed by atoms with Crippen molar-refractivity contribution in [1.82, 2.24) is 10.3 Å². The summed E-state index contributed by atoms with van der Waals surface area (Å²) in [6, 6.07) is 3.24. The largest absolute Gasteiger partial charge is 0.381 e. The van der Waals surface area contributed by atoms with Crippen LogP contribution in [0.15, 0.2) is 18.3 Å². The topological polar surface area (TPSA) is 51.2 Å². The molecule has 2 rings (SSSR count). The van der Waals surface area contributed by atoms with Gasteiger partial charge in [0.15, 0.2) is 0 Å². The van der Waals surface area contributed by atoms with Crippen molar-refractivity contribution < 1.29 is 9.53 Å². The highest BCUT2D eigenvalue weighted by molar-refractivity contribution is 8.00. The molecule has 1 aromatic heterocycles. The molecule has 0 unspecified atom stereocenters. The number of pyridine rings is 1. The summed E-state index contributed by atoms with van der Waals surface area (Å²) in [6.45, 7) is 2.17. The van der Waals surface area contributed by atoms with Crippen LogP contribution in [-0.2, 0) is 4.74 Å². The SMILES string of the molecule is CSC1(CNC(=O)c2ccnc(Cl)c2)CCOCC1. The predicted molar refractivity (Wildman–Crippen MR) is 77.9 cm³/mol. The first-order valence-corrected chi connectivity index (χ1v) is 7.78. The minimum absolute atomic E-state index is 0.0880. The lowest BCUT2D eigenvalue weighted by atomic mass is 9.99. The Labute approximate surface area is 122 Å². The lowest BCUT2D eigenvalue weighted by Crippen LogP contribution is -2.44. The van der Waals surface area contributed by atoms with Crippen molar-refractivity contribution in [3.05, 3.63) is 29.0 Å². The molecule has 4 nitrogen and oxygen atoms in total. The number of aromatic nitrogens is 1. The monoisotopic (exact) mass is 300 g/mol. The summed E-state index contributed by atoms with van der Waals surface area (Å²) in [6.07, 6.45) is 5.55. The van der Waals surface area contributed by atoms with Crippen LogP contribution in [0.2, 0.25) is 5.15 Å². The number of ether oxygens (including phenoxy) is 1. The fourth-order valence-corrected chi connectivity index (χ4v) is 3.05. The second kappa shape index (κ2) is 6.59. The number of nitrogens with zero attached hydrogens (tertiary/aromatic N) is 1. The quantitative estimate of drug-likeness (QED) is 0.868. The van der Waals surface area contributed by atoms with Crippen molar-refractivity contribution in [3.63, 3.8) is 0 Å². The van der Waals surface area contributed by atoms with Gasteiger partial charge in [-0.2, -0.15) is 11.8 Å². The molecule has 1 fully saturated rings. The average Bonchev–Trinajstić information content (AvgIpc) is 2.46. The van der Waals surface area contributed by atoms with E-state index < -0.39 is 0 Å². The van der Waals surface area contributed by atoms with Gasteiger partial charge in [-0.25, -0.2) is 4.98 Å². The van der Waals surface area contributed by atoms with Crippen molar-refractivity contribution in [2.24, 2.45) is 0 Å². The molecular weight excluding hydrogens is 284 g/mol. The number of rotatable bonds is 4. The molecule has 0 spiro atoms. The molecule has 1 aromatic rings. The third kappa shape index (κ3) is 3.84. The van der Waals surface area contributed by atoms with E-state index in [4.69, 9.17) is 16.3 Å². The van der Waals surface area contributed by atoms with Crippen molar-refractivity contribution in [2.45, 2.75) is 17.6 Å². The minimum Gasteiger partial charge on any atom is -0.381 e. The maximum absolute atomic E-state index is 12.1. The van der Waals surface area contributed by atoms with Crippen molar-refractivity contribution >= 4 is 29.3 Å². The van der Waals surface area contributed by atoms with Gasteiger partial charge >= 0.3 is 0 Å². The first kappa shape index (κ1) is 14.6. The summed E-state index contributed by atoms with van der Waals surface area (Å²) >= 11 is 7.58. The Balaban J connectivity index is 1.95. The molecular formula is C13H17ClN2O2S. The fourth-order valence-electron chi connectivity index (χ4n) is 2.08. The molecule has 1 N–H and O–H groups in total. The van der Waals surface area contributed by atoms with Gasteiger partial charge in [-0.05, 0) is 31.2 Å². The Morgan fingerprint density at radius 1 is 1.58 bits per heavy atom. The second-order valence-electron chi connectivity index (χ2n) is 4.55. The molecule has 0 bridgehead atoms.